The molecule has 0 fully saturated rings. The molecule has 0 spiro atoms. The molecule has 0 atom stereocenters. The van der Waals surface area contributed by atoms with E-state index in [9.17, 15) is 0 Å². The topological polar surface area (TPSA) is 42.2 Å². The van der Waals surface area contributed by atoms with E-state index in [-0.39, 0.29) is 0 Å². The Labute approximate surface area is 126 Å². The van der Waals surface area contributed by atoms with E-state index in [1.54, 1.807) is 6.07 Å². The van der Waals surface area contributed by atoms with Gasteiger partial charge in [-0.15, -0.1) is 10.2 Å². The molecular weight excluding hydrogens is 295 g/mol. The van der Waals surface area contributed by atoms with Crippen LogP contribution in [0.2, 0.25) is 10.0 Å². The first kappa shape index (κ1) is 13.4. The lowest BCUT2D eigenvalue weighted by Crippen LogP contribution is -2.15. The summed E-state index contributed by atoms with van der Waals surface area (Å²) in [6, 6.07) is 11.3. The van der Waals surface area contributed by atoms with Gasteiger partial charge in [-0.1, -0.05) is 35.3 Å². The number of pyridine rings is 1. The molecule has 0 amide bonds. The number of hydrogen-bond donors (Lipinski definition) is 1. The van der Waals surface area contributed by atoms with Gasteiger partial charge in [0.05, 0.1) is 6.54 Å². The average Bonchev–Trinajstić information content (AvgIpc) is 2.85. The number of halogens is 2. The maximum atomic E-state index is 6.13. The third-order valence-electron chi connectivity index (χ3n) is 3.00. The molecule has 20 heavy (non-hydrogen) atoms. The molecule has 1 aromatic carbocycles. The summed E-state index contributed by atoms with van der Waals surface area (Å²) in [7, 11) is 0. The molecule has 3 aromatic rings. The van der Waals surface area contributed by atoms with Crippen LogP contribution < -0.4 is 5.32 Å². The number of rotatable bonds is 4. The SMILES string of the molecule is Clc1ccc(CNCc2nnc3ccccn23)c(Cl)c1. The molecule has 0 aliphatic rings. The maximum absolute atomic E-state index is 6.13. The first-order valence-electron chi connectivity index (χ1n) is 6.17. The fourth-order valence-corrected chi connectivity index (χ4v) is 2.46. The van der Waals surface area contributed by atoms with Crippen LogP contribution in [0.1, 0.15) is 11.4 Å². The molecule has 6 heteroatoms. The molecular formula is C14H12Cl2N4. The molecule has 0 saturated heterocycles. The van der Waals surface area contributed by atoms with Gasteiger partial charge in [0.15, 0.2) is 11.5 Å². The maximum Gasteiger partial charge on any atom is 0.160 e. The van der Waals surface area contributed by atoms with Crippen molar-refractivity contribution in [1.82, 2.24) is 19.9 Å². The van der Waals surface area contributed by atoms with Crippen LogP contribution in [0.4, 0.5) is 0 Å². The van der Waals surface area contributed by atoms with Gasteiger partial charge < -0.3 is 5.32 Å². The molecule has 1 N–H and O–H groups in total. The highest BCUT2D eigenvalue weighted by Crippen LogP contribution is 2.20. The smallest absolute Gasteiger partial charge is 0.160 e. The van der Waals surface area contributed by atoms with Crippen molar-refractivity contribution in [1.29, 1.82) is 0 Å². The minimum atomic E-state index is 0.615. The molecule has 3 rings (SSSR count). The average molecular weight is 307 g/mol. The Kier molecular flexibility index (Phi) is 3.87. The summed E-state index contributed by atoms with van der Waals surface area (Å²) in [6.07, 6.45) is 1.95. The molecule has 0 aliphatic heterocycles. The van der Waals surface area contributed by atoms with Crippen molar-refractivity contribution < 1.29 is 0 Å². The third-order valence-corrected chi connectivity index (χ3v) is 3.58. The second-order valence-electron chi connectivity index (χ2n) is 4.38. The molecule has 0 saturated carbocycles. The van der Waals surface area contributed by atoms with Crippen LogP contribution >= 0.6 is 23.2 Å². The Morgan fingerprint density at radius 1 is 1.05 bits per heavy atom. The number of aromatic nitrogens is 3. The van der Waals surface area contributed by atoms with E-state index < -0.39 is 0 Å². The minimum Gasteiger partial charge on any atom is -0.306 e. The van der Waals surface area contributed by atoms with Crippen LogP contribution in [0.5, 0.6) is 0 Å². The van der Waals surface area contributed by atoms with Gasteiger partial charge in [-0.3, -0.25) is 4.40 Å². The minimum absolute atomic E-state index is 0.615. The molecule has 2 aromatic heterocycles. The van der Waals surface area contributed by atoms with Gasteiger partial charge in [0.1, 0.15) is 0 Å². The summed E-state index contributed by atoms with van der Waals surface area (Å²) in [5.41, 5.74) is 1.85. The van der Waals surface area contributed by atoms with Gasteiger partial charge in [0, 0.05) is 22.8 Å². The van der Waals surface area contributed by atoms with Gasteiger partial charge in [0.2, 0.25) is 0 Å². The lowest BCUT2D eigenvalue weighted by atomic mass is 10.2. The summed E-state index contributed by atoms with van der Waals surface area (Å²) in [6.45, 7) is 1.27. The molecule has 102 valence electrons. The summed E-state index contributed by atoms with van der Waals surface area (Å²) in [4.78, 5) is 0. The van der Waals surface area contributed by atoms with Crippen molar-refractivity contribution in [3.05, 3.63) is 64.0 Å². The second kappa shape index (κ2) is 5.79. The fourth-order valence-electron chi connectivity index (χ4n) is 1.99. The van der Waals surface area contributed by atoms with Gasteiger partial charge >= 0.3 is 0 Å². The normalized spacial score (nSPS) is 11.1. The second-order valence-corrected chi connectivity index (χ2v) is 5.23. The van der Waals surface area contributed by atoms with E-state index >= 15 is 0 Å². The van der Waals surface area contributed by atoms with Crippen molar-refractivity contribution in [3.8, 4) is 0 Å². The van der Waals surface area contributed by atoms with Gasteiger partial charge in [-0.2, -0.15) is 0 Å². The van der Waals surface area contributed by atoms with E-state index in [1.165, 1.54) is 0 Å². The van der Waals surface area contributed by atoms with Crippen LogP contribution in [-0.4, -0.2) is 14.6 Å². The van der Waals surface area contributed by atoms with Crippen molar-refractivity contribution >= 4 is 28.8 Å². The number of hydrogen-bond acceptors (Lipinski definition) is 3. The summed E-state index contributed by atoms with van der Waals surface area (Å²) < 4.78 is 1.95. The number of fused-ring (bicyclic) bond motifs is 1. The van der Waals surface area contributed by atoms with E-state index in [1.807, 2.05) is 40.9 Å². The van der Waals surface area contributed by atoms with Gasteiger partial charge in [-0.25, -0.2) is 0 Å². The van der Waals surface area contributed by atoms with Crippen molar-refractivity contribution in [2.45, 2.75) is 13.1 Å². The van der Waals surface area contributed by atoms with Crippen LogP contribution in [0.15, 0.2) is 42.6 Å². The lowest BCUT2D eigenvalue weighted by molar-refractivity contribution is 0.657. The van der Waals surface area contributed by atoms with E-state index in [2.05, 4.69) is 15.5 Å². The first-order valence-corrected chi connectivity index (χ1v) is 6.93. The van der Waals surface area contributed by atoms with Gasteiger partial charge in [0.25, 0.3) is 0 Å². The summed E-state index contributed by atoms with van der Waals surface area (Å²) >= 11 is 12.0. The Bertz CT molecular complexity index is 739. The van der Waals surface area contributed by atoms with Crippen LogP contribution in [-0.2, 0) is 13.1 Å². The van der Waals surface area contributed by atoms with Gasteiger partial charge in [-0.05, 0) is 29.8 Å². The summed E-state index contributed by atoms with van der Waals surface area (Å²) in [5, 5.41) is 12.9. The molecule has 0 bridgehead atoms. The van der Waals surface area contributed by atoms with Crippen molar-refractivity contribution in [2.24, 2.45) is 0 Å². The molecule has 0 unspecified atom stereocenters. The van der Waals surface area contributed by atoms with E-state index in [4.69, 9.17) is 23.2 Å². The first-order chi connectivity index (χ1) is 9.74. The Hall–Kier alpha value is -1.62. The monoisotopic (exact) mass is 306 g/mol. The summed E-state index contributed by atoms with van der Waals surface area (Å²) in [5.74, 6) is 0.866. The fraction of sp³-hybridized carbons (Fsp3) is 0.143. The molecule has 2 heterocycles. The van der Waals surface area contributed by atoms with E-state index in [0.29, 0.717) is 23.1 Å². The number of nitrogens with zero attached hydrogens (tertiary/aromatic N) is 3. The highest BCUT2D eigenvalue weighted by atomic mass is 35.5. The highest BCUT2D eigenvalue weighted by Gasteiger charge is 2.05. The van der Waals surface area contributed by atoms with Crippen molar-refractivity contribution in [2.75, 3.05) is 0 Å². The predicted molar refractivity (Wildman–Crippen MR) is 80.0 cm³/mol. The largest absolute Gasteiger partial charge is 0.306 e. The number of benzene rings is 1. The van der Waals surface area contributed by atoms with Crippen LogP contribution in [0.3, 0.4) is 0 Å². The molecule has 4 nitrogen and oxygen atoms in total. The standard InChI is InChI=1S/C14H12Cl2N4/c15-11-5-4-10(12(16)7-11)8-17-9-14-19-18-13-3-1-2-6-20(13)14/h1-7,17H,8-9H2. The molecule has 0 radical (unpaired) electrons. The predicted octanol–water partition coefficient (Wildman–Crippen LogP) is 3.33. The lowest BCUT2D eigenvalue weighted by Gasteiger charge is -2.06. The van der Waals surface area contributed by atoms with Crippen LogP contribution in [0, 0.1) is 0 Å². The quantitative estimate of drug-likeness (QED) is 0.804. The Morgan fingerprint density at radius 2 is 1.95 bits per heavy atom. The Balaban J connectivity index is 1.68. The number of nitrogens with one attached hydrogen (secondary N) is 1. The van der Waals surface area contributed by atoms with E-state index in [0.717, 1.165) is 17.0 Å². The zero-order valence-electron chi connectivity index (χ0n) is 10.6. The van der Waals surface area contributed by atoms with Crippen molar-refractivity contribution in [3.63, 3.8) is 0 Å². The highest BCUT2D eigenvalue weighted by molar-refractivity contribution is 6.35. The van der Waals surface area contributed by atoms with Crippen LogP contribution in [0.25, 0.3) is 5.65 Å². The third kappa shape index (κ3) is 2.77. The molecule has 0 aliphatic carbocycles. The zero-order valence-corrected chi connectivity index (χ0v) is 12.1. The zero-order chi connectivity index (χ0) is 13.9. The Morgan fingerprint density at radius 3 is 2.80 bits per heavy atom.